The Kier molecular flexibility index (Phi) is 5.65. The Morgan fingerprint density at radius 3 is 2.28 bits per heavy atom. The van der Waals surface area contributed by atoms with Gasteiger partial charge < -0.3 is 24.6 Å². The van der Waals surface area contributed by atoms with Gasteiger partial charge in [0.15, 0.2) is 0 Å². The van der Waals surface area contributed by atoms with Crippen molar-refractivity contribution in [1.29, 1.82) is 0 Å². The summed E-state index contributed by atoms with van der Waals surface area (Å²) in [6, 6.07) is 17.9. The molecule has 4 rings (SSSR count). The molecule has 1 aliphatic heterocycles. The van der Waals surface area contributed by atoms with Crippen molar-refractivity contribution in [3.63, 3.8) is 0 Å². The Labute approximate surface area is 170 Å². The van der Waals surface area contributed by atoms with E-state index in [0.717, 1.165) is 49.2 Å². The highest BCUT2D eigenvalue weighted by molar-refractivity contribution is 5.57. The van der Waals surface area contributed by atoms with Crippen molar-refractivity contribution in [1.82, 2.24) is 9.97 Å². The molecule has 2 heterocycles. The van der Waals surface area contributed by atoms with Gasteiger partial charge in [0.25, 0.3) is 0 Å². The second-order valence-corrected chi connectivity index (χ2v) is 6.77. The predicted molar refractivity (Wildman–Crippen MR) is 116 cm³/mol. The molecular formula is C22H25N5O2. The second kappa shape index (κ2) is 8.68. The molecule has 1 fully saturated rings. The fourth-order valence-corrected chi connectivity index (χ4v) is 3.40. The molecule has 0 bridgehead atoms. The Balaban J connectivity index is 1.40. The van der Waals surface area contributed by atoms with Crippen LogP contribution in [0.15, 0.2) is 60.8 Å². The first-order valence-electron chi connectivity index (χ1n) is 9.63. The fraction of sp³-hybridized carbons (Fsp3) is 0.273. The summed E-state index contributed by atoms with van der Waals surface area (Å²) in [6.07, 6.45) is 1.79. The third-order valence-corrected chi connectivity index (χ3v) is 5.01. The molecule has 1 aromatic heterocycles. The number of piperazine rings is 1. The lowest BCUT2D eigenvalue weighted by Crippen LogP contribution is -2.46. The zero-order chi connectivity index (χ0) is 20.1. The largest absolute Gasteiger partial charge is 0.497 e. The van der Waals surface area contributed by atoms with Crippen LogP contribution in [-0.2, 0) is 0 Å². The van der Waals surface area contributed by atoms with Gasteiger partial charge >= 0.3 is 0 Å². The van der Waals surface area contributed by atoms with E-state index in [9.17, 15) is 0 Å². The van der Waals surface area contributed by atoms with Crippen LogP contribution in [0.25, 0.3) is 0 Å². The summed E-state index contributed by atoms with van der Waals surface area (Å²) < 4.78 is 10.5. The molecule has 0 spiro atoms. The lowest BCUT2D eigenvalue weighted by molar-refractivity contribution is 0.414. The SMILES string of the molecule is COc1ccc(N2CCN(c3ccnc(Nc4cccc(OC)c4)n3)CC2)cc1. The number of benzene rings is 2. The number of nitrogens with zero attached hydrogens (tertiary/aromatic N) is 4. The van der Waals surface area contributed by atoms with Gasteiger partial charge in [0.1, 0.15) is 17.3 Å². The minimum Gasteiger partial charge on any atom is -0.497 e. The smallest absolute Gasteiger partial charge is 0.229 e. The summed E-state index contributed by atoms with van der Waals surface area (Å²) in [7, 11) is 3.34. The molecule has 0 atom stereocenters. The highest BCUT2D eigenvalue weighted by Crippen LogP contribution is 2.23. The highest BCUT2D eigenvalue weighted by Gasteiger charge is 2.19. The maximum absolute atomic E-state index is 5.27. The van der Waals surface area contributed by atoms with Gasteiger partial charge in [-0.2, -0.15) is 4.98 Å². The van der Waals surface area contributed by atoms with Crippen molar-refractivity contribution in [3.8, 4) is 11.5 Å². The molecule has 1 N–H and O–H groups in total. The number of aromatic nitrogens is 2. The van der Waals surface area contributed by atoms with E-state index in [4.69, 9.17) is 14.5 Å². The van der Waals surface area contributed by atoms with Crippen LogP contribution in [0, 0.1) is 0 Å². The summed E-state index contributed by atoms with van der Waals surface area (Å²) in [6.45, 7) is 3.69. The standard InChI is InChI=1S/C22H25N5O2/c1-28-19-8-6-18(7-9-19)26-12-14-27(15-13-26)21-10-11-23-22(25-21)24-17-4-3-5-20(16-17)29-2/h3-11,16H,12-15H2,1-2H3,(H,23,24,25). The first-order valence-corrected chi connectivity index (χ1v) is 9.63. The lowest BCUT2D eigenvalue weighted by Gasteiger charge is -2.36. The van der Waals surface area contributed by atoms with E-state index in [-0.39, 0.29) is 0 Å². The molecule has 0 saturated carbocycles. The number of hydrogen-bond acceptors (Lipinski definition) is 7. The molecule has 0 aliphatic carbocycles. The van der Waals surface area contributed by atoms with E-state index < -0.39 is 0 Å². The third kappa shape index (κ3) is 4.51. The monoisotopic (exact) mass is 391 g/mol. The van der Waals surface area contributed by atoms with Gasteiger partial charge in [0, 0.05) is 49.8 Å². The Hall–Kier alpha value is -3.48. The van der Waals surface area contributed by atoms with Crippen molar-refractivity contribution in [2.75, 3.05) is 55.5 Å². The van der Waals surface area contributed by atoms with Crippen LogP contribution in [0.4, 0.5) is 23.1 Å². The normalized spacial score (nSPS) is 13.9. The van der Waals surface area contributed by atoms with E-state index >= 15 is 0 Å². The minimum absolute atomic E-state index is 0.577. The molecule has 0 unspecified atom stereocenters. The van der Waals surface area contributed by atoms with Gasteiger partial charge in [-0.1, -0.05) is 6.07 Å². The van der Waals surface area contributed by atoms with Crippen LogP contribution in [0.3, 0.4) is 0 Å². The molecule has 1 aliphatic rings. The van der Waals surface area contributed by atoms with E-state index in [0.29, 0.717) is 5.95 Å². The van der Waals surface area contributed by atoms with Gasteiger partial charge in [-0.15, -0.1) is 0 Å². The molecule has 29 heavy (non-hydrogen) atoms. The van der Waals surface area contributed by atoms with E-state index in [1.54, 1.807) is 20.4 Å². The average molecular weight is 391 g/mol. The molecular weight excluding hydrogens is 366 g/mol. The van der Waals surface area contributed by atoms with Crippen molar-refractivity contribution in [3.05, 3.63) is 60.8 Å². The third-order valence-electron chi connectivity index (χ3n) is 5.01. The quantitative estimate of drug-likeness (QED) is 0.689. The first-order chi connectivity index (χ1) is 14.2. The fourth-order valence-electron chi connectivity index (χ4n) is 3.40. The Morgan fingerprint density at radius 2 is 1.55 bits per heavy atom. The summed E-state index contributed by atoms with van der Waals surface area (Å²) in [5.74, 6) is 3.18. The molecule has 0 radical (unpaired) electrons. The van der Waals surface area contributed by atoms with Crippen LogP contribution < -0.4 is 24.6 Å². The van der Waals surface area contributed by atoms with Gasteiger partial charge in [-0.05, 0) is 42.5 Å². The minimum atomic E-state index is 0.577. The number of hydrogen-bond donors (Lipinski definition) is 1. The van der Waals surface area contributed by atoms with Crippen LogP contribution in [0.5, 0.6) is 11.5 Å². The summed E-state index contributed by atoms with van der Waals surface area (Å²) in [5.41, 5.74) is 2.11. The molecule has 150 valence electrons. The summed E-state index contributed by atoms with van der Waals surface area (Å²) >= 11 is 0. The zero-order valence-electron chi connectivity index (χ0n) is 16.7. The number of rotatable bonds is 6. The Bertz CT molecular complexity index is 940. The topological polar surface area (TPSA) is 62.8 Å². The number of ether oxygens (including phenoxy) is 2. The number of nitrogens with one attached hydrogen (secondary N) is 1. The van der Waals surface area contributed by atoms with Gasteiger partial charge in [-0.3, -0.25) is 0 Å². The van der Waals surface area contributed by atoms with Crippen LogP contribution in [0.1, 0.15) is 0 Å². The lowest BCUT2D eigenvalue weighted by atomic mass is 10.2. The predicted octanol–water partition coefficient (Wildman–Crippen LogP) is 3.56. The molecule has 0 amide bonds. The van der Waals surface area contributed by atoms with Crippen molar-refractivity contribution in [2.45, 2.75) is 0 Å². The summed E-state index contributed by atoms with van der Waals surface area (Å²) in [5, 5.41) is 3.25. The molecule has 1 saturated heterocycles. The number of methoxy groups -OCH3 is 2. The van der Waals surface area contributed by atoms with Gasteiger partial charge in [0.05, 0.1) is 14.2 Å². The van der Waals surface area contributed by atoms with E-state index in [2.05, 4.69) is 32.2 Å². The summed E-state index contributed by atoms with van der Waals surface area (Å²) in [4.78, 5) is 13.7. The molecule has 3 aromatic rings. The van der Waals surface area contributed by atoms with Crippen LogP contribution in [-0.4, -0.2) is 50.4 Å². The van der Waals surface area contributed by atoms with Crippen molar-refractivity contribution < 1.29 is 9.47 Å². The van der Waals surface area contributed by atoms with Gasteiger partial charge in [-0.25, -0.2) is 4.98 Å². The Morgan fingerprint density at radius 1 is 0.828 bits per heavy atom. The molecule has 7 heteroatoms. The van der Waals surface area contributed by atoms with Gasteiger partial charge in [0.2, 0.25) is 5.95 Å². The maximum atomic E-state index is 5.27. The van der Waals surface area contributed by atoms with E-state index in [1.165, 1.54) is 5.69 Å². The molecule has 7 nitrogen and oxygen atoms in total. The van der Waals surface area contributed by atoms with Crippen LogP contribution in [0.2, 0.25) is 0 Å². The van der Waals surface area contributed by atoms with Crippen molar-refractivity contribution in [2.24, 2.45) is 0 Å². The van der Waals surface area contributed by atoms with Crippen molar-refractivity contribution >= 4 is 23.1 Å². The number of anilines is 4. The second-order valence-electron chi connectivity index (χ2n) is 6.77. The maximum Gasteiger partial charge on any atom is 0.229 e. The van der Waals surface area contributed by atoms with Crippen LogP contribution >= 0.6 is 0 Å². The first kappa shape index (κ1) is 18.9. The molecule has 2 aromatic carbocycles. The average Bonchev–Trinajstić information content (AvgIpc) is 2.79. The van der Waals surface area contributed by atoms with E-state index in [1.807, 2.05) is 42.5 Å². The highest BCUT2D eigenvalue weighted by atomic mass is 16.5. The zero-order valence-corrected chi connectivity index (χ0v) is 16.7.